The van der Waals surface area contributed by atoms with E-state index in [0.717, 1.165) is 0 Å². The fraction of sp³-hybridized carbons (Fsp3) is 0.300. The van der Waals surface area contributed by atoms with Gasteiger partial charge in [-0.1, -0.05) is 34.8 Å². The number of benzene rings is 2. The van der Waals surface area contributed by atoms with Gasteiger partial charge in [0.2, 0.25) is 0 Å². The molecule has 3 rings (SSSR count). The Balaban J connectivity index is 1.67. The fourth-order valence-corrected chi connectivity index (χ4v) is 3.46. The number of hydrogen-bond donors (Lipinski definition) is 0. The van der Waals surface area contributed by atoms with Gasteiger partial charge in [0.1, 0.15) is 18.5 Å². The lowest BCUT2D eigenvalue weighted by Gasteiger charge is -2.33. The number of Topliss-reactive ketones (excluding diaryl/α,β-unsaturated/α-hetero) is 1. The first-order valence-electron chi connectivity index (χ1n) is 8.64. The summed E-state index contributed by atoms with van der Waals surface area (Å²) < 4.78 is 11.5. The van der Waals surface area contributed by atoms with E-state index < -0.39 is 0 Å². The minimum atomic E-state index is -0.342. The molecular formula is C20H18Cl3NO4. The molecular weight excluding hydrogens is 425 g/mol. The lowest BCUT2D eigenvalue weighted by Crippen LogP contribution is -2.47. The van der Waals surface area contributed by atoms with Crippen LogP contribution in [-0.2, 0) is 4.74 Å². The number of ether oxygens (including phenoxy) is 2. The molecule has 0 aliphatic carbocycles. The molecule has 0 aromatic heterocycles. The Morgan fingerprint density at radius 3 is 2.50 bits per heavy atom. The van der Waals surface area contributed by atoms with Crippen LogP contribution in [0, 0.1) is 0 Å². The van der Waals surface area contributed by atoms with Gasteiger partial charge in [0, 0.05) is 16.6 Å². The molecule has 1 unspecified atom stereocenters. The summed E-state index contributed by atoms with van der Waals surface area (Å²) in [6.07, 6.45) is -0.342. The van der Waals surface area contributed by atoms with E-state index in [0.29, 0.717) is 51.6 Å². The van der Waals surface area contributed by atoms with Crippen molar-refractivity contribution >= 4 is 46.5 Å². The maximum Gasteiger partial charge on any atom is 0.255 e. The summed E-state index contributed by atoms with van der Waals surface area (Å²) in [4.78, 5) is 26.2. The molecule has 0 spiro atoms. The summed E-state index contributed by atoms with van der Waals surface area (Å²) in [5.41, 5.74) is 0.759. The van der Waals surface area contributed by atoms with Crippen LogP contribution < -0.4 is 4.74 Å². The van der Waals surface area contributed by atoms with Gasteiger partial charge in [0.15, 0.2) is 5.78 Å². The van der Waals surface area contributed by atoms with E-state index in [1.807, 2.05) is 0 Å². The van der Waals surface area contributed by atoms with Crippen molar-refractivity contribution in [1.82, 2.24) is 4.90 Å². The lowest BCUT2D eigenvalue weighted by atomic mass is 10.1. The summed E-state index contributed by atoms with van der Waals surface area (Å²) in [6.45, 7) is 2.79. The molecule has 1 saturated heterocycles. The molecule has 0 N–H and O–H groups in total. The van der Waals surface area contributed by atoms with Crippen LogP contribution in [-0.4, -0.2) is 49.0 Å². The Kier molecular flexibility index (Phi) is 6.83. The Labute approximate surface area is 178 Å². The van der Waals surface area contributed by atoms with Crippen molar-refractivity contribution in [3.8, 4) is 5.75 Å². The molecule has 148 valence electrons. The second kappa shape index (κ2) is 9.14. The number of ketones is 1. The summed E-state index contributed by atoms with van der Waals surface area (Å²) >= 11 is 18.1. The second-order valence-electron chi connectivity index (χ2n) is 6.38. The summed E-state index contributed by atoms with van der Waals surface area (Å²) in [5.74, 6) is 0.0769. The van der Waals surface area contributed by atoms with Crippen LogP contribution in [0.25, 0.3) is 0 Å². The number of hydrogen-bond acceptors (Lipinski definition) is 4. The largest absolute Gasteiger partial charge is 0.490 e. The summed E-state index contributed by atoms with van der Waals surface area (Å²) in [7, 11) is 0. The monoisotopic (exact) mass is 441 g/mol. The fourth-order valence-electron chi connectivity index (χ4n) is 2.92. The van der Waals surface area contributed by atoms with Gasteiger partial charge in [0.25, 0.3) is 5.91 Å². The maximum atomic E-state index is 12.8. The molecule has 2 aromatic carbocycles. The van der Waals surface area contributed by atoms with Crippen molar-refractivity contribution in [1.29, 1.82) is 0 Å². The first-order chi connectivity index (χ1) is 13.3. The van der Waals surface area contributed by atoms with Gasteiger partial charge < -0.3 is 14.4 Å². The number of amides is 1. The Morgan fingerprint density at radius 1 is 1.11 bits per heavy atom. The molecule has 8 heteroatoms. The van der Waals surface area contributed by atoms with E-state index in [2.05, 4.69) is 0 Å². The standard InChI is InChI=1S/C20H18Cl3NO4/c1-12(25)16-8-14(22)3-5-19(16)28-11-15-10-24(6-7-27-15)20(26)17-9-13(21)2-4-18(17)23/h2-5,8-9,15H,6-7,10-11H2,1H3. The smallest absolute Gasteiger partial charge is 0.255 e. The van der Waals surface area contributed by atoms with Gasteiger partial charge in [-0.2, -0.15) is 0 Å². The highest BCUT2D eigenvalue weighted by atomic mass is 35.5. The SMILES string of the molecule is CC(=O)c1cc(Cl)ccc1OCC1CN(C(=O)c2cc(Cl)ccc2Cl)CCO1. The summed E-state index contributed by atoms with van der Waals surface area (Å²) in [5, 5.41) is 1.25. The number of halogens is 3. The molecule has 1 atom stereocenters. The third-order valence-electron chi connectivity index (χ3n) is 4.33. The molecule has 1 aliphatic rings. The van der Waals surface area contributed by atoms with Crippen LogP contribution >= 0.6 is 34.8 Å². The number of morpholine rings is 1. The van der Waals surface area contributed by atoms with Crippen LogP contribution in [0.15, 0.2) is 36.4 Å². The number of carbonyl (C=O) groups excluding carboxylic acids is 2. The highest BCUT2D eigenvalue weighted by Gasteiger charge is 2.27. The average Bonchev–Trinajstić information content (AvgIpc) is 2.68. The topological polar surface area (TPSA) is 55.8 Å². The second-order valence-corrected chi connectivity index (χ2v) is 7.66. The van der Waals surface area contributed by atoms with Gasteiger partial charge in [-0.25, -0.2) is 0 Å². The van der Waals surface area contributed by atoms with Gasteiger partial charge in [-0.3, -0.25) is 9.59 Å². The van der Waals surface area contributed by atoms with Crippen molar-refractivity contribution in [2.45, 2.75) is 13.0 Å². The van der Waals surface area contributed by atoms with Crippen LogP contribution in [0.1, 0.15) is 27.6 Å². The highest BCUT2D eigenvalue weighted by Crippen LogP contribution is 2.25. The van der Waals surface area contributed by atoms with Crippen LogP contribution in [0.3, 0.4) is 0 Å². The quantitative estimate of drug-likeness (QED) is 0.626. The predicted octanol–water partition coefficient (Wildman–Crippen LogP) is 4.77. The van der Waals surface area contributed by atoms with Crippen molar-refractivity contribution in [3.05, 3.63) is 62.6 Å². The zero-order valence-electron chi connectivity index (χ0n) is 15.1. The highest BCUT2D eigenvalue weighted by molar-refractivity contribution is 6.35. The zero-order chi connectivity index (χ0) is 20.3. The van der Waals surface area contributed by atoms with E-state index in [-0.39, 0.29) is 24.4 Å². The normalized spacial score (nSPS) is 16.7. The molecule has 1 aliphatic heterocycles. The van der Waals surface area contributed by atoms with E-state index in [4.69, 9.17) is 44.3 Å². The lowest BCUT2D eigenvalue weighted by molar-refractivity contribution is -0.0401. The zero-order valence-corrected chi connectivity index (χ0v) is 17.4. The Hall–Kier alpha value is -1.79. The number of nitrogens with zero attached hydrogens (tertiary/aromatic N) is 1. The molecule has 1 heterocycles. The van der Waals surface area contributed by atoms with Gasteiger partial charge >= 0.3 is 0 Å². The minimum Gasteiger partial charge on any atom is -0.490 e. The Bertz CT molecular complexity index is 903. The minimum absolute atomic E-state index is 0.144. The van der Waals surface area contributed by atoms with Crippen LogP contribution in [0.4, 0.5) is 0 Å². The van der Waals surface area contributed by atoms with Crippen molar-refractivity contribution in [2.75, 3.05) is 26.3 Å². The molecule has 0 saturated carbocycles. The molecule has 1 amide bonds. The first kappa shape index (κ1) is 20.9. The Morgan fingerprint density at radius 2 is 1.79 bits per heavy atom. The molecule has 2 aromatic rings. The van der Waals surface area contributed by atoms with Crippen molar-refractivity contribution in [3.63, 3.8) is 0 Å². The van der Waals surface area contributed by atoms with Crippen molar-refractivity contribution < 1.29 is 19.1 Å². The maximum absolute atomic E-state index is 12.8. The van der Waals surface area contributed by atoms with Crippen LogP contribution in [0.5, 0.6) is 5.75 Å². The third-order valence-corrected chi connectivity index (χ3v) is 5.13. The van der Waals surface area contributed by atoms with Gasteiger partial charge in [0.05, 0.1) is 29.3 Å². The van der Waals surface area contributed by atoms with Crippen molar-refractivity contribution in [2.24, 2.45) is 0 Å². The van der Waals surface area contributed by atoms with E-state index >= 15 is 0 Å². The molecule has 1 fully saturated rings. The van der Waals surface area contributed by atoms with Gasteiger partial charge in [-0.05, 0) is 43.3 Å². The summed E-state index contributed by atoms with van der Waals surface area (Å²) in [6, 6.07) is 9.66. The molecule has 0 bridgehead atoms. The predicted molar refractivity (Wildman–Crippen MR) is 109 cm³/mol. The number of rotatable bonds is 5. The molecule has 28 heavy (non-hydrogen) atoms. The van der Waals surface area contributed by atoms with Gasteiger partial charge in [-0.15, -0.1) is 0 Å². The third kappa shape index (κ3) is 4.97. The first-order valence-corrected chi connectivity index (χ1v) is 9.77. The average molecular weight is 443 g/mol. The van der Waals surface area contributed by atoms with E-state index in [1.54, 1.807) is 41.3 Å². The van der Waals surface area contributed by atoms with E-state index in [1.165, 1.54) is 6.92 Å². The van der Waals surface area contributed by atoms with E-state index in [9.17, 15) is 9.59 Å². The molecule has 0 radical (unpaired) electrons. The molecule has 5 nitrogen and oxygen atoms in total. The van der Waals surface area contributed by atoms with Crippen LogP contribution in [0.2, 0.25) is 15.1 Å². The number of carbonyl (C=O) groups is 2.